The van der Waals surface area contributed by atoms with E-state index in [0.29, 0.717) is 22.0 Å². The Labute approximate surface area is 191 Å². The molecule has 0 atom stereocenters. The summed E-state index contributed by atoms with van der Waals surface area (Å²) in [6.07, 6.45) is -4.67. The number of nitrogens with zero attached hydrogens (tertiary/aromatic N) is 2. The molecule has 1 aromatic heterocycles. The lowest BCUT2D eigenvalue weighted by Gasteiger charge is -2.11. The Balaban J connectivity index is 1.68. The maximum Gasteiger partial charge on any atom is 0.435 e. The van der Waals surface area contributed by atoms with Crippen molar-refractivity contribution in [3.05, 3.63) is 76.6 Å². The Morgan fingerprint density at radius 2 is 1.79 bits per heavy atom. The fourth-order valence-electron chi connectivity index (χ4n) is 2.75. The van der Waals surface area contributed by atoms with Gasteiger partial charge in [0.05, 0.1) is 17.9 Å². The molecular formula is C19H18ClF3N6O3S. The average molecular weight is 503 g/mol. The molecule has 0 unspecified atom stereocenters. The van der Waals surface area contributed by atoms with Gasteiger partial charge in [-0.25, -0.2) is 14.6 Å². The lowest BCUT2D eigenvalue weighted by atomic mass is 10.2. The lowest BCUT2D eigenvalue weighted by molar-refractivity contribution is -0.141. The summed E-state index contributed by atoms with van der Waals surface area (Å²) in [5.74, 6) is 0. The zero-order chi connectivity index (χ0) is 24.2. The van der Waals surface area contributed by atoms with Gasteiger partial charge in [0.15, 0.2) is 5.69 Å². The second kappa shape index (κ2) is 9.79. The standard InChI is InChI=1S/C19H18ClF3N6O3S/c20-13-2-1-3-15(8-13)29-16(9-17(28-29)19(21,22)23)11-25-18(30)27-14-6-4-12(5-7-14)10-26-33(24,31)32/h1-9,26H,10-11H2,(H2,24,31,32)(H2,25,27,30). The van der Waals surface area contributed by atoms with Gasteiger partial charge in [0, 0.05) is 17.3 Å². The highest BCUT2D eigenvalue weighted by Crippen LogP contribution is 2.30. The highest BCUT2D eigenvalue weighted by Gasteiger charge is 2.35. The summed E-state index contributed by atoms with van der Waals surface area (Å²) in [5.41, 5.74) is 0.262. The van der Waals surface area contributed by atoms with Gasteiger partial charge in [0.25, 0.3) is 10.2 Å². The second-order valence-corrected chi connectivity index (χ2v) is 8.60. The molecule has 14 heteroatoms. The minimum atomic E-state index is -4.67. The number of urea groups is 1. The maximum atomic E-state index is 13.2. The lowest BCUT2D eigenvalue weighted by Crippen LogP contribution is -2.30. The van der Waals surface area contributed by atoms with E-state index < -0.39 is 28.1 Å². The predicted molar refractivity (Wildman–Crippen MR) is 116 cm³/mol. The smallest absolute Gasteiger partial charge is 0.332 e. The van der Waals surface area contributed by atoms with Crippen LogP contribution in [0, 0.1) is 0 Å². The molecule has 5 N–H and O–H groups in total. The van der Waals surface area contributed by atoms with E-state index in [1.807, 2.05) is 0 Å². The third kappa shape index (κ3) is 7.18. The number of carbonyl (C=O) groups excluding carboxylic acids is 1. The molecular weight excluding hydrogens is 485 g/mol. The van der Waals surface area contributed by atoms with Gasteiger partial charge in [-0.15, -0.1) is 0 Å². The van der Waals surface area contributed by atoms with Crippen molar-refractivity contribution >= 4 is 33.5 Å². The zero-order valence-corrected chi connectivity index (χ0v) is 18.3. The third-order valence-corrected chi connectivity index (χ3v) is 5.03. The van der Waals surface area contributed by atoms with Gasteiger partial charge in [0.1, 0.15) is 0 Å². The van der Waals surface area contributed by atoms with Crippen molar-refractivity contribution in [2.24, 2.45) is 5.14 Å². The number of amides is 2. The van der Waals surface area contributed by atoms with E-state index >= 15 is 0 Å². The van der Waals surface area contributed by atoms with Crippen LogP contribution in [0.15, 0.2) is 54.6 Å². The van der Waals surface area contributed by atoms with Crippen molar-refractivity contribution in [1.82, 2.24) is 19.8 Å². The van der Waals surface area contributed by atoms with E-state index in [9.17, 15) is 26.4 Å². The fourth-order valence-corrected chi connectivity index (χ4v) is 3.30. The van der Waals surface area contributed by atoms with Gasteiger partial charge < -0.3 is 10.6 Å². The van der Waals surface area contributed by atoms with E-state index in [-0.39, 0.29) is 18.8 Å². The van der Waals surface area contributed by atoms with Crippen LogP contribution in [-0.4, -0.2) is 24.2 Å². The highest BCUT2D eigenvalue weighted by atomic mass is 35.5. The SMILES string of the molecule is NS(=O)(=O)NCc1ccc(NC(=O)NCc2cc(C(F)(F)F)nn2-c2cccc(Cl)c2)cc1. The Bertz CT molecular complexity index is 1250. The molecule has 0 spiro atoms. The summed E-state index contributed by atoms with van der Waals surface area (Å²) in [4.78, 5) is 12.2. The van der Waals surface area contributed by atoms with Gasteiger partial charge in [0.2, 0.25) is 0 Å². The largest absolute Gasteiger partial charge is 0.435 e. The molecule has 0 aliphatic rings. The quantitative estimate of drug-likeness (QED) is 0.395. The molecule has 176 valence electrons. The molecule has 0 aliphatic carbocycles. The molecule has 0 aliphatic heterocycles. The van der Waals surface area contributed by atoms with Gasteiger partial charge in [-0.05, 0) is 42.0 Å². The average Bonchev–Trinajstić information content (AvgIpc) is 3.16. The van der Waals surface area contributed by atoms with Gasteiger partial charge in [-0.1, -0.05) is 29.8 Å². The number of rotatable bonds is 7. The van der Waals surface area contributed by atoms with E-state index in [2.05, 4.69) is 20.5 Å². The highest BCUT2D eigenvalue weighted by molar-refractivity contribution is 7.87. The molecule has 0 fully saturated rings. The normalized spacial score (nSPS) is 11.9. The van der Waals surface area contributed by atoms with Crippen molar-refractivity contribution in [1.29, 1.82) is 0 Å². The molecule has 2 amide bonds. The molecule has 3 rings (SSSR count). The molecule has 1 heterocycles. The van der Waals surface area contributed by atoms with Crippen LogP contribution in [0.2, 0.25) is 5.02 Å². The number of nitrogens with one attached hydrogen (secondary N) is 3. The van der Waals surface area contributed by atoms with Crippen molar-refractivity contribution in [3.63, 3.8) is 0 Å². The monoisotopic (exact) mass is 502 g/mol. The second-order valence-electron chi connectivity index (χ2n) is 6.78. The summed E-state index contributed by atoms with van der Waals surface area (Å²) in [5, 5.41) is 13.8. The van der Waals surface area contributed by atoms with Crippen LogP contribution in [-0.2, 0) is 29.5 Å². The van der Waals surface area contributed by atoms with Crippen molar-refractivity contribution in [3.8, 4) is 5.69 Å². The number of hydrogen-bond acceptors (Lipinski definition) is 4. The summed E-state index contributed by atoms with van der Waals surface area (Å²) in [6, 6.07) is 12.5. The first-order valence-corrected chi connectivity index (χ1v) is 11.2. The summed E-state index contributed by atoms with van der Waals surface area (Å²) >= 11 is 5.93. The van der Waals surface area contributed by atoms with Crippen LogP contribution in [0.25, 0.3) is 5.69 Å². The Morgan fingerprint density at radius 3 is 2.39 bits per heavy atom. The summed E-state index contributed by atoms with van der Waals surface area (Å²) in [6.45, 7) is -0.280. The van der Waals surface area contributed by atoms with Crippen molar-refractivity contribution in [2.75, 3.05) is 5.32 Å². The fraction of sp³-hybridized carbons (Fsp3) is 0.158. The molecule has 33 heavy (non-hydrogen) atoms. The number of aromatic nitrogens is 2. The Morgan fingerprint density at radius 1 is 1.09 bits per heavy atom. The first kappa shape index (κ1) is 24.5. The third-order valence-electron chi connectivity index (χ3n) is 4.25. The van der Waals surface area contributed by atoms with Crippen molar-refractivity contribution < 1.29 is 26.4 Å². The number of benzene rings is 2. The molecule has 0 radical (unpaired) electrons. The van der Waals surface area contributed by atoms with Gasteiger partial charge >= 0.3 is 12.2 Å². The van der Waals surface area contributed by atoms with E-state index in [1.54, 1.807) is 24.3 Å². The topological polar surface area (TPSA) is 131 Å². The minimum absolute atomic E-state index is 0.0274. The number of alkyl halides is 3. The van der Waals surface area contributed by atoms with Crippen LogP contribution in [0.4, 0.5) is 23.7 Å². The molecule has 0 bridgehead atoms. The Hall–Kier alpha value is -3.13. The van der Waals surface area contributed by atoms with Crippen LogP contribution in [0.3, 0.4) is 0 Å². The number of hydrogen-bond donors (Lipinski definition) is 4. The molecule has 9 nitrogen and oxygen atoms in total. The minimum Gasteiger partial charge on any atom is -0.332 e. The predicted octanol–water partition coefficient (Wildman–Crippen LogP) is 3.16. The number of nitrogens with two attached hydrogens (primary N) is 1. The summed E-state index contributed by atoms with van der Waals surface area (Å²) < 4.78 is 64.5. The number of carbonyl (C=O) groups is 1. The molecule has 0 saturated heterocycles. The zero-order valence-electron chi connectivity index (χ0n) is 16.7. The number of anilines is 1. The van der Waals surface area contributed by atoms with Crippen LogP contribution < -0.4 is 20.5 Å². The van der Waals surface area contributed by atoms with Crippen LogP contribution >= 0.6 is 11.6 Å². The van der Waals surface area contributed by atoms with Crippen LogP contribution in [0.5, 0.6) is 0 Å². The van der Waals surface area contributed by atoms with E-state index in [0.717, 1.165) is 10.7 Å². The molecule has 2 aromatic carbocycles. The van der Waals surface area contributed by atoms with Crippen molar-refractivity contribution in [2.45, 2.75) is 19.3 Å². The molecule has 0 saturated carbocycles. The summed E-state index contributed by atoms with van der Waals surface area (Å²) in [7, 11) is -3.83. The first-order chi connectivity index (χ1) is 15.4. The van der Waals surface area contributed by atoms with Gasteiger partial charge in [-0.2, -0.15) is 31.4 Å². The molecule has 3 aromatic rings. The first-order valence-electron chi connectivity index (χ1n) is 9.24. The maximum absolute atomic E-state index is 13.2. The number of halogens is 4. The Kier molecular flexibility index (Phi) is 7.27. The van der Waals surface area contributed by atoms with E-state index in [4.69, 9.17) is 16.7 Å². The van der Waals surface area contributed by atoms with E-state index in [1.165, 1.54) is 24.3 Å². The van der Waals surface area contributed by atoms with Gasteiger partial charge in [-0.3, -0.25) is 0 Å². The van der Waals surface area contributed by atoms with Crippen LogP contribution in [0.1, 0.15) is 17.0 Å².